The summed E-state index contributed by atoms with van der Waals surface area (Å²) < 4.78 is 0. The van der Waals surface area contributed by atoms with Crippen LogP contribution in [0.4, 0.5) is 0 Å². The molecule has 2 heteroatoms. The summed E-state index contributed by atoms with van der Waals surface area (Å²) in [6, 6.07) is 0. The van der Waals surface area contributed by atoms with Gasteiger partial charge in [0, 0.05) is 5.41 Å². The Morgan fingerprint density at radius 3 is 1.53 bits per heavy atom. The molecule has 0 aromatic carbocycles. The lowest BCUT2D eigenvalue weighted by Gasteiger charge is -2.29. The molecule has 0 aliphatic rings. The first-order valence-corrected chi connectivity index (χ1v) is 5.68. The number of allylic oxidation sites excluding steroid dienone is 2. The fourth-order valence-electron chi connectivity index (χ4n) is 1.73. The molecule has 0 aromatic rings. The topological polar surface area (TPSA) is 40.5 Å². The van der Waals surface area contributed by atoms with Crippen LogP contribution >= 0.6 is 0 Å². The third-order valence-electron chi connectivity index (χ3n) is 2.90. The highest BCUT2D eigenvalue weighted by atomic mass is 16.3. The van der Waals surface area contributed by atoms with E-state index in [-0.39, 0.29) is 18.6 Å². The highest BCUT2D eigenvalue weighted by molar-refractivity contribution is 4.81. The zero-order valence-corrected chi connectivity index (χ0v) is 9.62. The SMILES string of the molecule is C=CCCCC(CO)(CO)CCCC=C. The summed E-state index contributed by atoms with van der Waals surface area (Å²) in [6.07, 6.45) is 9.35. The van der Waals surface area contributed by atoms with Crippen LogP contribution in [0.3, 0.4) is 0 Å². The van der Waals surface area contributed by atoms with Crippen molar-refractivity contribution in [2.75, 3.05) is 13.2 Å². The molecule has 0 atom stereocenters. The second-order valence-electron chi connectivity index (χ2n) is 4.18. The Hall–Kier alpha value is -0.600. The van der Waals surface area contributed by atoms with Crippen molar-refractivity contribution in [2.24, 2.45) is 5.41 Å². The van der Waals surface area contributed by atoms with E-state index in [1.54, 1.807) is 0 Å². The van der Waals surface area contributed by atoms with Gasteiger partial charge in [0.25, 0.3) is 0 Å². The molecule has 0 unspecified atom stereocenters. The first kappa shape index (κ1) is 14.4. The summed E-state index contributed by atoms with van der Waals surface area (Å²) in [4.78, 5) is 0. The van der Waals surface area contributed by atoms with Gasteiger partial charge in [-0.3, -0.25) is 0 Å². The van der Waals surface area contributed by atoms with Crippen LogP contribution in [0.5, 0.6) is 0 Å². The van der Waals surface area contributed by atoms with Crippen molar-refractivity contribution in [2.45, 2.75) is 38.5 Å². The van der Waals surface area contributed by atoms with Crippen LogP contribution in [0.15, 0.2) is 25.3 Å². The Kier molecular flexibility index (Phi) is 8.34. The number of unbranched alkanes of at least 4 members (excludes halogenated alkanes) is 2. The quantitative estimate of drug-likeness (QED) is 0.432. The second-order valence-corrected chi connectivity index (χ2v) is 4.18. The molecule has 0 bridgehead atoms. The van der Waals surface area contributed by atoms with Crippen LogP contribution < -0.4 is 0 Å². The van der Waals surface area contributed by atoms with Crippen molar-refractivity contribution in [1.29, 1.82) is 0 Å². The lowest BCUT2D eigenvalue weighted by Crippen LogP contribution is -2.29. The van der Waals surface area contributed by atoms with Crippen molar-refractivity contribution >= 4 is 0 Å². The van der Waals surface area contributed by atoms with E-state index in [0.29, 0.717) is 0 Å². The number of aliphatic hydroxyl groups is 2. The number of aliphatic hydroxyl groups excluding tert-OH is 2. The van der Waals surface area contributed by atoms with Gasteiger partial charge in [0.15, 0.2) is 0 Å². The number of hydrogen-bond acceptors (Lipinski definition) is 2. The second kappa shape index (κ2) is 8.69. The van der Waals surface area contributed by atoms with Gasteiger partial charge in [-0.1, -0.05) is 12.2 Å². The van der Waals surface area contributed by atoms with Gasteiger partial charge in [-0.15, -0.1) is 13.2 Å². The number of rotatable bonds is 10. The van der Waals surface area contributed by atoms with Crippen LogP contribution in [0.1, 0.15) is 38.5 Å². The van der Waals surface area contributed by atoms with E-state index in [9.17, 15) is 10.2 Å². The third kappa shape index (κ3) is 5.75. The van der Waals surface area contributed by atoms with Gasteiger partial charge in [0.05, 0.1) is 13.2 Å². The van der Waals surface area contributed by atoms with Gasteiger partial charge in [-0.05, 0) is 38.5 Å². The average Bonchev–Trinajstić information content (AvgIpc) is 2.28. The predicted octanol–water partition coefficient (Wildman–Crippen LogP) is 2.67. The molecular formula is C13H24O2. The normalized spacial score (nSPS) is 11.3. The molecule has 0 rings (SSSR count). The van der Waals surface area contributed by atoms with Crippen LogP contribution in [0.25, 0.3) is 0 Å². The van der Waals surface area contributed by atoms with Crippen molar-refractivity contribution < 1.29 is 10.2 Å². The molecule has 0 aliphatic carbocycles. The maximum Gasteiger partial charge on any atom is 0.0509 e. The summed E-state index contributed by atoms with van der Waals surface area (Å²) in [5, 5.41) is 18.7. The summed E-state index contributed by atoms with van der Waals surface area (Å²) in [5.41, 5.74) is -0.300. The fraction of sp³-hybridized carbons (Fsp3) is 0.692. The van der Waals surface area contributed by atoms with E-state index in [2.05, 4.69) is 13.2 Å². The first-order chi connectivity index (χ1) is 7.24. The zero-order valence-electron chi connectivity index (χ0n) is 9.62. The van der Waals surface area contributed by atoms with Crippen LogP contribution in [-0.4, -0.2) is 23.4 Å². The van der Waals surface area contributed by atoms with Crippen LogP contribution in [-0.2, 0) is 0 Å². The summed E-state index contributed by atoms with van der Waals surface area (Å²) >= 11 is 0. The standard InChI is InChI=1S/C13H24O2/c1-3-5-7-9-13(11-14,12-15)10-8-6-4-2/h3-4,14-15H,1-2,5-12H2. The van der Waals surface area contributed by atoms with E-state index >= 15 is 0 Å². The molecule has 0 radical (unpaired) electrons. The van der Waals surface area contributed by atoms with Gasteiger partial charge in [0.2, 0.25) is 0 Å². The maximum absolute atomic E-state index is 9.36. The molecule has 0 heterocycles. The minimum Gasteiger partial charge on any atom is -0.396 e. The smallest absolute Gasteiger partial charge is 0.0509 e. The molecule has 0 saturated heterocycles. The van der Waals surface area contributed by atoms with Gasteiger partial charge in [-0.2, -0.15) is 0 Å². The van der Waals surface area contributed by atoms with Crippen LogP contribution in [0.2, 0.25) is 0 Å². The van der Waals surface area contributed by atoms with Gasteiger partial charge < -0.3 is 10.2 Å². The fourth-order valence-corrected chi connectivity index (χ4v) is 1.73. The molecule has 0 fully saturated rings. The molecule has 0 amide bonds. The molecule has 88 valence electrons. The summed E-state index contributed by atoms with van der Waals surface area (Å²) in [7, 11) is 0. The molecule has 0 aliphatic heterocycles. The largest absolute Gasteiger partial charge is 0.396 e. The Bertz CT molecular complexity index is 155. The molecule has 15 heavy (non-hydrogen) atoms. The molecule has 2 N–H and O–H groups in total. The van der Waals surface area contributed by atoms with E-state index in [1.807, 2.05) is 12.2 Å². The average molecular weight is 212 g/mol. The minimum atomic E-state index is -0.300. The zero-order chi connectivity index (χ0) is 11.6. The van der Waals surface area contributed by atoms with Gasteiger partial charge >= 0.3 is 0 Å². The van der Waals surface area contributed by atoms with Crippen molar-refractivity contribution in [3.63, 3.8) is 0 Å². The lowest BCUT2D eigenvalue weighted by molar-refractivity contribution is 0.0369. The maximum atomic E-state index is 9.36. The molecule has 0 aromatic heterocycles. The Morgan fingerprint density at radius 1 is 0.867 bits per heavy atom. The molecular weight excluding hydrogens is 188 g/mol. The van der Waals surface area contributed by atoms with Crippen molar-refractivity contribution in [3.05, 3.63) is 25.3 Å². The van der Waals surface area contributed by atoms with E-state index in [0.717, 1.165) is 38.5 Å². The third-order valence-corrected chi connectivity index (χ3v) is 2.90. The van der Waals surface area contributed by atoms with E-state index in [4.69, 9.17) is 0 Å². The summed E-state index contributed by atoms with van der Waals surface area (Å²) in [5.74, 6) is 0. The summed E-state index contributed by atoms with van der Waals surface area (Å²) in [6.45, 7) is 7.47. The van der Waals surface area contributed by atoms with Gasteiger partial charge in [0.1, 0.15) is 0 Å². The van der Waals surface area contributed by atoms with Crippen molar-refractivity contribution in [3.8, 4) is 0 Å². The highest BCUT2D eigenvalue weighted by Crippen LogP contribution is 2.30. The first-order valence-electron chi connectivity index (χ1n) is 5.68. The Morgan fingerprint density at radius 2 is 1.27 bits per heavy atom. The Labute approximate surface area is 93.3 Å². The van der Waals surface area contributed by atoms with E-state index in [1.165, 1.54) is 0 Å². The minimum absolute atomic E-state index is 0.0672. The van der Waals surface area contributed by atoms with Crippen molar-refractivity contribution in [1.82, 2.24) is 0 Å². The predicted molar refractivity (Wildman–Crippen MR) is 64.7 cm³/mol. The van der Waals surface area contributed by atoms with Gasteiger partial charge in [-0.25, -0.2) is 0 Å². The Balaban J connectivity index is 4.03. The molecule has 2 nitrogen and oxygen atoms in total. The van der Waals surface area contributed by atoms with Crippen LogP contribution in [0, 0.1) is 5.41 Å². The number of hydrogen-bond donors (Lipinski definition) is 2. The monoisotopic (exact) mass is 212 g/mol. The lowest BCUT2D eigenvalue weighted by atomic mass is 9.79. The molecule has 0 spiro atoms. The molecule has 0 saturated carbocycles. The highest BCUT2D eigenvalue weighted by Gasteiger charge is 2.27. The van der Waals surface area contributed by atoms with E-state index < -0.39 is 0 Å².